The second kappa shape index (κ2) is 4.44. The monoisotopic (exact) mass is 208 g/mol. The Hall–Kier alpha value is -1.36. The van der Waals surface area contributed by atoms with Gasteiger partial charge in [-0.25, -0.2) is 0 Å². The first kappa shape index (κ1) is 10.2. The van der Waals surface area contributed by atoms with Crippen LogP contribution in [0.4, 0.5) is 0 Å². The minimum atomic E-state index is 0.155. The Morgan fingerprint density at radius 1 is 1.73 bits per heavy atom. The quantitative estimate of drug-likeness (QED) is 0.733. The van der Waals surface area contributed by atoms with E-state index in [0.29, 0.717) is 6.54 Å². The van der Waals surface area contributed by atoms with Gasteiger partial charge < -0.3 is 10.2 Å². The van der Waals surface area contributed by atoms with E-state index in [4.69, 9.17) is 0 Å². The Kier molecular flexibility index (Phi) is 3.01. The van der Waals surface area contributed by atoms with Gasteiger partial charge in [-0.3, -0.25) is 9.89 Å². The van der Waals surface area contributed by atoms with Crippen molar-refractivity contribution in [1.82, 2.24) is 20.4 Å². The molecule has 0 bridgehead atoms. The third-order valence-corrected chi connectivity index (χ3v) is 2.76. The van der Waals surface area contributed by atoms with Crippen LogP contribution < -0.4 is 5.32 Å². The lowest BCUT2D eigenvalue weighted by molar-refractivity contribution is -0.134. The van der Waals surface area contributed by atoms with E-state index in [-0.39, 0.29) is 11.8 Å². The van der Waals surface area contributed by atoms with Crippen molar-refractivity contribution < 1.29 is 4.79 Å². The highest BCUT2D eigenvalue weighted by atomic mass is 16.2. The van der Waals surface area contributed by atoms with E-state index >= 15 is 0 Å². The molecule has 2 N–H and O–H groups in total. The maximum absolute atomic E-state index is 11.9. The van der Waals surface area contributed by atoms with Crippen LogP contribution in [0.3, 0.4) is 0 Å². The van der Waals surface area contributed by atoms with Crippen molar-refractivity contribution in [2.45, 2.75) is 13.0 Å². The van der Waals surface area contributed by atoms with Crippen LogP contribution in [0.1, 0.15) is 12.0 Å². The average molecular weight is 208 g/mol. The lowest BCUT2D eigenvalue weighted by atomic mass is 10.1. The number of amides is 1. The molecule has 2 rings (SSSR count). The first-order chi connectivity index (χ1) is 7.27. The molecule has 1 saturated heterocycles. The molecule has 2 heterocycles. The summed E-state index contributed by atoms with van der Waals surface area (Å²) in [6.45, 7) is 2.40. The van der Waals surface area contributed by atoms with Crippen LogP contribution in [0, 0.1) is 5.92 Å². The average Bonchev–Trinajstić information content (AvgIpc) is 2.88. The summed E-state index contributed by atoms with van der Waals surface area (Å²) in [6, 6.07) is 0. The van der Waals surface area contributed by atoms with Gasteiger partial charge in [0.25, 0.3) is 0 Å². The molecule has 1 amide bonds. The number of aromatic amines is 1. The van der Waals surface area contributed by atoms with Crippen LogP contribution in [0.25, 0.3) is 0 Å². The molecule has 0 spiro atoms. The van der Waals surface area contributed by atoms with Crippen molar-refractivity contribution in [1.29, 1.82) is 0 Å². The largest absolute Gasteiger partial charge is 0.341 e. The highest BCUT2D eigenvalue weighted by molar-refractivity contribution is 5.79. The molecule has 1 unspecified atom stereocenters. The standard InChI is InChI=1S/C10H16N4O/c1-14(7-8-4-12-13-5-8)10(15)9-2-3-11-6-9/h4-5,9,11H,2-3,6-7H2,1H3,(H,12,13). The minimum Gasteiger partial charge on any atom is -0.341 e. The van der Waals surface area contributed by atoms with Crippen molar-refractivity contribution >= 4 is 5.91 Å². The lowest BCUT2D eigenvalue weighted by Gasteiger charge is -2.19. The van der Waals surface area contributed by atoms with Gasteiger partial charge in [-0.15, -0.1) is 0 Å². The normalized spacial score (nSPS) is 20.5. The summed E-state index contributed by atoms with van der Waals surface area (Å²) >= 11 is 0. The molecule has 0 saturated carbocycles. The fourth-order valence-electron chi connectivity index (χ4n) is 1.89. The van der Waals surface area contributed by atoms with Gasteiger partial charge in [-0.2, -0.15) is 5.10 Å². The Bertz CT molecular complexity index is 316. The fourth-order valence-corrected chi connectivity index (χ4v) is 1.89. The molecule has 1 aromatic rings. The molecule has 15 heavy (non-hydrogen) atoms. The Morgan fingerprint density at radius 2 is 2.60 bits per heavy atom. The molecule has 5 nitrogen and oxygen atoms in total. The van der Waals surface area contributed by atoms with E-state index in [0.717, 1.165) is 25.1 Å². The zero-order valence-electron chi connectivity index (χ0n) is 8.86. The second-order valence-electron chi connectivity index (χ2n) is 3.99. The van der Waals surface area contributed by atoms with Crippen molar-refractivity contribution in [2.24, 2.45) is 5.92 Å². The summed E-state index contributed by atoms with van der Waals surface area (Å²) in [5.74, 6) is 0.378. The molecular formula is C10H16N4O. The van der Waals surface area contributed by atoms with Crippen LogP contribution in [0.2, 0.25) is 0 Å². The van der Waals surface area contributed by atoms with E-state index in [1.165, 1.54) is 0 Å². The van der Waals surface area contributed by atoms with Crippen molar-refractivity contribution in [3.05, 3.63) is 18.0 Å². The number of nitrogens with zero attached hydrogens (tertiary/aromatic N) is 2. The van der Waals surface area contributed by atoms with E-state index in [1.54, 1.807) is 11.1 Å². The summed E-state index contributed by atoms with van der Waals surface area (Å²) in [5.41, 5.74) is 1.04. The topological polar surface area (TPSA) is 61.0 Å². The molecule has 0 radical (unpaired) electrons. The molecule has 1 aliphatic rings. The Morgan fingerprint density at radius 3 is 3.20 bits per heavy atom. The third-order valence-electron chi connectivity index (χ3n) is 2.76. The van der Waals surface area contributed by atoms with Crippen LogP contribution in [0.15, 0.2) is 12.4 Å². The van der Waals surface area contributed by atoms with Crippen LogP contribution in [-0.2, 0) is 11.3 Å². The summed E-state index contributed by atoms with van der Waals surface area (Å²) < 4.78 is 0. The predicted molar refractivity (Wildman–Crippen MR) is 56.0 cm³/mol. The molecule has 1 atom stereocenters. The molecule has 82 valence electrons. The summed E-state index contributed by atoms with van der Waals surface area (Å²) in [6.07, 6.45) is 4.52. The van der Waals surface area contributed by atoms with Crippen LogP contribution in [-0.4, -0.2) is 41.1 Å². The van der Waals surface area contributed by atoms with E-state index < -0.39 is 0 Å². The molecule has 5 heteroatoms. The van der Waals surface area contributed by atoms with Gasteiger partial charge >= 0.3 is 0 Å². The van der Waals surface area contributed by atoms with Crippen molar-refractivity contribution in [3.63, 3.8) is 0 Å². The number of H-pyrrole nitrogens is 1. The number of hydrogen-bond donors (Lipinski definition) is 2. The third kappa shape index (κ3) is 2.36. The van der Waals surface area contributed by atoms with Crippen LogP contribution >= 0.6 is 0 Å². The first-order valence-electron chi connectivity index (χ1n) is 5.20. The van der Waals surface area contributed by atoms with Gasteiger partial charge in [0, 0.05) is 31.9 Å². The smallest absolute Gasteiger partial charge is 0.227 e. The summed E-state index contributed by atoms with van der Waals surface area (Å²) in [7, 11) is 1.84. The minimum absolute atomic E-state index is 0.155. The molecular weight excluding hydrogens is 192 g/mol. The zero-order valence-corrected chi connectivity index (χ0v) is 8.86. The van der Waals surface area contributed by atoms with E-state index in [2.05, 4.69) is 15.5 Å². The number of rotatable bonds is 3. The Balaban J connectivity index is 1.89. The SMILES string of the molecule is CN(Cc1cn[nH]c1)C(=O)C1CCNC1. The highest BCUT2D eigenvalue weighted by Crippen LogP contribution is 2.12. The lowest BCUT2D eigenvalue weighted by Crippen LogP contribution is -2.33. The maximum Gasteiger partial charge on any atom is 0.227 e. The van der Waals surface area contributed by atoms with Gasteiger partial charge in [-0.1, -0.05) is 0 Å². The molecule has 0 aromatic carbocycles. The zero-order chi connectivity index (χ0) is 10.7. The Labute approximate surface area is 88.8 Å². The van der Waals surface area contributed by atoms with E-state index in [9.17, 15) is 4.79 Å². The number of nitrogens with one attached hydrogen (secondary N) is 2. The van der Waals surface area contributed by atoms with Gasteiger partial charge in [0.05, 0.1) is 12.1 Å². The second-order valence-corrected chi connectivity index (χ2v) is 3.99. The summed E-state index contributed by atoms with van der Waals surface area (Å²) in [5, 5.41) is 9.80. The molecule has 1 aromatic heterocycles. The van der Waals surface area contributed by atoms with Crippen molar-refractivity contribution in [2.75, 3.05) is 20.1 Å². The number of aromatic nitrogens is 2. The van der Waals surface area contributed by atoms with Gasteiger partial charge in [-0.05, 0) is 13.0 Å². The first-order valence-corrected chi connectivity index (χ1v) is 5.20. The highest BCUT2D eigenvalue weighted by Gasteiger charge is 2.25. The number of carbonyl (C=O) groups is 1. The molecule has 0 aliphatic carbocycles. The van der Waals surface area contributed by atoms with Gasteiger partial charge in [0.1, 0.15) is 0 Å². The molecule has 1 fully saturated rings. The van der Waals surface area contributed by atoms with Crippen LogP contribution in [0.5, 0.6) is 0 Å². The van der Waals surface area contributed by atoms with E-state index in [1.807, 2.05) is 13.2 Å². The number of carbonyl (C=O) groups excluding carboxylic acids is 1. The maximum atomic E-state index is 11.9. The summed E-state index contributed by atoms with van der Waals surface area (Å²) in [4.78, 5) is 13.7. The molecule has 1 aliphatic heterocycles. The van der Waals surface area contributed by atoms with Gasteiger partial charge in [0.2, 0.25) is 5.91 Å². The number of hydrogen-bond acceptors (Lipinski definition) is 3. The van der Waals surface area contributed by atoms with Gasteiger partial charge in [0.15, 0.2) is 0 Å². The predicted octanol–water partition coefficient (Wildman–Crippen LogP) is -0.0224. The fraction of sp³-hybridized carbons (Fsp3) is 0.600. The van der Waals surface area contributed by atoms with Crippen molar-refractivity contribution in [3.8, 4) is 0 Å².